The Morgan fingerprint density at radius 3 is 2.47 bits per heavy atom. The van der Waals surface area contributed by atoms with E-state index in [1.54, 1.807) is 12.1 Å². The molecule has 3 N–H and O–H groups in total. The monoisotopic (exact) mass is 205 g/mol. The molecule has 0 heterocycles. The van der Waals surface area contributed by atoms with Gasteiger partial charge in [0.05, 0.1) is 0 Å². The Hall–Kier alpha value is -1.02. The predicted molar refractivity (Wildman–Crippen MR) is 61.9 cm³/mol. The van der Waals surface area contributed by atoms with Crippen LogP contribution in [-0.2, 0) is 0 Å². The second kappa shape index (κ2) is 4.67. The number of benzene rings is 1. The van der Waals surface area contributed by atoms with Gasteiger partial charge in [-0.3, -0.25) is 0 Å². The summed E-state index contributed by atoms with van der Waals surface area (Å²) in [5.74, 6) is 0.989. The minimum absolute atomic E-state index is 0.351. The van der Waals surface area contributed by atoms with E-state index in [4.69, 9.17) is 5.73 Å². The topological polar surface area (TPSA) is 46.2 Å². The van der Waals surface area contributed by atoms with Crippen molar-refractivity contribution >= 4 is 0 Å². The van der Waals surface area contributed by atoms with Gasteiger partial charge in [-0.1, -0.05) is 18.6 Å². The minimum Gasteiger partial charge on any atom is -0.508 e. The van der Waals surface area contributed by atoms with E-state index in [1.165, 1.54) is 24.8 Å². The number of phenols is 1. The van der Waals surface area contributed by atoms with Crippen LogP contribution >= 0.6 is 0 Å². The lowest BCUT2D eigenvalue weighted by molar-refractivity contribution is 0.474. The largest absolute Gasteiger partial charge is 0.508 e. The van der Waals surface area contributed by atoms with Gasteiger partial charge in [0.25, 0.3) is 0 Å². The van der Waals surface area contributed by atoms with E-state index in [0.29, 0.717) is 17.7 Å². The molecular formula is C13H19NO. The van der Waals surface area contributed by atoms with Gasteiger partial charge in [0.1, 0.15) is 5.75 Å². The number of phenolic OH excluding ortho intramolecular Hbond substituents is 1. The van der Waals surface area contributed by atoms with Crippen LogP contribution in [0, 0.1) is 0 Å². The second-order valence-corrected chi connectivity index (χ2v) is 4.56. The lowest BCUT2D eigenvalue weighted by atomic mass is 9.92. The smallest absolute Gasteiger partial charge is 0.115 e. The standard InChI is InChI=1S/C13H19NO/c14-12-3-1-2-10(4-7-12)11-5-8-13(15)9-6-11/h5-6,8-10,12,15H,1-4,7,14H2/t10-,12+/m1/s1. The molecule has 0 aromatic heterocycles. The highest BCUT2D eigenvalue weighted by Gasteiger charge is 2.17. The van der Waals surface area contributed by atoms with E-state index in [1.807, 2.05) is 12.1 Å². The van der Waals surface area contributed by atoms with Crippen LogP contribution in [0.15, 0.2) is 24.3 Å². The van der Waals surface area contributed by atoms with Gasteiger partial charge in [-0.2, -0.15) is 0 Å². The second-order valence-electron chi connectivity index (χ2n) is 4.56. The first-order chi connectivity index (χ1) is 7.25. The summed E-state index contributed by atoms with van der Waals surface area (Å²) < 4.78 is 0. The van der Waals surface area contributed by atoms with Crippen molar-refractivity contribution in [2.75, 3.05) is 0 Å². The molecule has 1 aromatic rings. The molecule has 0 saturated heterocycles. The van der Waals surface area contributed by atoms with Crippen molar-refractivity contribution in [2.24, 2.45) is 5.73 Å². The van der Waals surface area contributed by atoms with Crippen LogP contribution in [-0.4, -0.2) is 11.1 Å². The van der Waals surface area contributed by atoms with E-state index in [0.717, 1.165) is 12.8 Å². The van der Waals surface area contributed by atoms with Crippen molar-refractivity contribution in [3.05, 3.63) is 29.8 Å². The zero-order chi connectivity index (χ0) is 10.7. The number of aromatic hydroxyl groups is 1. The molecule has 2 rings (SSSR count). The summed E-state index contributed by atoms with van der Waals surface area (Å²) in [6.07, 6.45) is 5.94. The van der Waals surface area contributed by atoms with Gasteiger partial charge in [-0.05, 0) is 49.3 Å². The molecule has 0 unspecified atom stereocenters. The van der Waals surface area contributed by atoms with Crippen molar-refractivity contribution in [3.63, 3.8) is 0 Å². The lowest BCUT2D eigenvalue weighted by Gasteiger charge is -2.14. The van der Waals surface area contributed by atoms with Crippen LogP contribution < -0.4 is 5.73 Å². The van der Waals surface area contributed by atoms with Crippen LogP contribution in [0.2, 0.25) is 0 Å². The molecule has 82 valence electrons. The first-order valence-electron chi connectivity index (χ1n) is 5.80. The Morgan fingerprint density at radius 1 is 1.00 bits per heavy atom. The highest BCUT2D eigenvalue weighted by Crippen LogP contribution is 2.31. The fourth-order valence-electron chi connectivity index (χ4n) is 2.41. The van der Waals surface area contributed by atoms with Crippen LogP contribution in [0.1, 0.15) is 43.6 Å². The summed E-state index contributed by atoms with van der Waals surface area (Å²) in [6.45, 7) is 0. The van der Waals surface area contributed by atoms with Gasteiger partial charge in [0.15, 0.2) is 0 Å². The van der Waals surface area contributed by atoms with Crippen LogP contribution in [0.4, 0.5) is 0 Å². The average Bonchev–Trinajstić information content (AvgIpc) is 2.44. The van der Waals surface area contributed by atoms with Gasteiger partial charge in [0.2, 0.25) is 0 Å². The Morgan fingerprint density at radius 2 is 1.73 bits per heavy atom. The SMILES string of the molecule is N[C@H]1CCC[C@@H](c2ccc(O)cc2)CC1. The Bertz CT molecular complexity index is 307. The summed E-state index contributed by atoms with van der Waals surface area (Å²) in [4.78, 5) is 0. The maximum absolute atomic E-state index is 9.23. The van der Waals surface area contributed by atoms with Gasteiger partial charge < -0.3 is 10.8 Å². The van der Waals surface area contributed by atoms with Crippen molar-refractivity contribution in [3.8, 4) is 5.75 Å². The Balaban J connectivity index is 2.06. The van der Waals surface area contributed by atoms with Crippen LogP contribution in [0.3, 0.4) is 0 Å². The Labute approximate surface area is 91.1 Å². The molecule has 2 heteroatoms. The van der Waals surface area contributed by atoms with Crippen molar-refractivity contribution in [1.29, 1.82) is 0 Å². The molecule has 0 bridgehead atoms. The fourth-order valence-corrected chi connectivity index (χ4v) is 2.41. The maximum atomic E-state index is 9.23. The molecule has 1 aliphatic rings. The molecule has 0 aliphatic heterocycles. The number of rotatable bonds is 1. The quantitative estimate of drug-likeness (QED) is 0.692. The normalized spacial score (nSPS) is 27.3. The molecule has 15 heavy (non-hydrogen) atoms. The predicted octanol–water partition coefficient (Wildman–Crippen LogP) is 2.77. The van der Waals surface area contributed by atoms with Gasteiger partial charge in [-0.15, -0.1) is 0 Å². The summed E-state index contributed by atoms with van der Waals surface area (Å²) >= 11 is 0. The summed E-state index contributed by atoms with van der Waals surface area (Å²) in [5, 5.41) is 9.23. The van der Waals surface area contributed by atoms with Crippen molar-refractivity contribution in [2.45, 2.75) is 44.1 Å². The van der Waals surface area contributed by atoms with E-state index < -0.39 is 0 Å². The molecule has 1 fully saturated rings. The lowest BCUT2D eigenvalue weighted by Crippen LogP contribution is -2.17. The van der Waals surface area contributed by atoms with Gasteiger partial charge >= 0.3 is 0 Å². The highest BCUT2D eigenvalue weighted by atomic mass is 16.3. The zero-order valence-electron chi connectivity index (χ0n) is 9.02. The fraction of sp³-hybridized carbons (Fsp3) is 0.538. The highest BCUT2D eigenvalue weighted by molar-refractivity contribution is 5.28. The molecule has 0 spiro atoms. The van der Waals surface area contributed by atoms with E-state index >= 15 is 0 Å². The third-order valence-electron chi connectivity index (χ3n) is 3.38. The third kappa shape index (κ3) is 2.72. The molecule has 2 nitrogen and oxygen atoms in total. The molecule has 0 radical (unpaired) electrons. The number of hydrogen-bond acceptors (Lipinski definition) is 2. The molecule has 1 saturated carbocycles. The summed E-state index contributed by atoms with van der Waals surface area (Å²) in [7, 11) is 0. The van der Waals surface area contributed by atoms with Gasteiger partial charge in [0, 0.05) is 6.04 Å². The van der Waals surface area contributed by atoms with Crippen molar-refractivity contribution in [1.82, 2.24) is 0 Å². The van der Waals surface area contributed by atoms with Crippen molar-refractivity contribution < 1.29 is 5.11 Å². The zero-order valence-corrected chi connectivity index (χ0v) is 9.02. The molecule has 0 amide bonds. The van der Waals surface area contributed by atoms with Gasteiger partial charge in [-0.25, -0.2) is 0 Å². The number of nitrogens with two attached hydrogens (primary N) is 1. The van der Waals surface area contributed by atoms with Crippen LogP contribution in [0.25, 0.3) is 0 Å². The van der Waals surface area contributed by atoms with Crippen LogP contribution in [0.5, 0.6) is 5.75 Å². The molecule has 1 aromatic carbocycles. The minimum atomic E-state index is 0.351. The molecule has 2 atom stereocenters. The summed E-state index contributed by atoms with van der Waals surface area (Å²) in [5.41, 5.74) is 7.31. The molecule has 1 aliphatic carbocycles. The summed E-state index contributed by atoms with van der Waals surface area (Å²) in [6, 6.07) is 8.03. The first kappa shape index (κ1) is 10.5. The first-order valence-corrected chi connectivity index (χ1v) is 5.80. The van der Waals surface area contributed by atoms with E-state index in [9.17, 15) is 5.11 Å². The number of hydrogen-bond donors (Lipinski definition) is 2. The van der Waals surface area contributed by atoms with E-state index in [-0.39, 0.29) is 0 Å². The van der Waals surface area contributed by atoms with E-state index in [2.05, 4.69) is 0 Å². The maximum Gasteiger partial charge on any atom is 0.115 e. The third-order valence-corrected chi connectivity index (χ3v) is 3.38. The Kier molecular flexibility index (Phi) is 3.27. The average molecular weight is 205 g/mol. The molecular weight excluding hydrogens is 186 g/mol.